The lowest BCUT2D eigenvalue weighted by atomic mass is 10.2. The van der Waals surface area contributed by atoms with Crippen LogP contribution < -0.4 is 5.32 Å². The van der Waals surface area contributed by atoms with Gasteiger partial charge in [0.1, 0.15) is 5.60 Å². The van der Waals surface area contributed by atoms with Gasteiger partial charge in [0.25, 0.3) is 0 Å². The van der Waals surface area contributed by atoms with Crippen LogP contribution in [0.3, 0.4) is 0 Å². The van der Waals surface area contributed by atoms with Crippen LogP contribution in [0.2, 0.25) is 0 Å². The number of halogens is 2. The minimum absolute atomic E-state index is 0. The van der Waals surface area contributed by atoms with E-state index in [0.717, 1.165) is 11.5 Å². The molecule has 7 nitrogen and oxygen atoms in total. The molecule has 0 saturated carbocycles. The Morgan fingerprint density at radius 2 is 2.15 bits per heavy atom. The summed E-state index contributed by atoms with van der Waals surface area (Å²) in [6.45, 7) is 8.38. The Balaban J connectivity index is 0.00000261. The predicted octanol–water partition coefficient (Wildman–Crippen LogP) is 2.53. The molecule has 1 aromatic rings. The van der Waals surface area contributed by atoms with E-state index in [1.54, 1.807) is 11.0 Å². The standard InChI is InChI=1S/C18H25FN4O3.HI/c1-18(2,3)26-17(25)22-6-7-23-13(11-22)10-21-16(23)20-9-12-4-5-15(24)14(19)8-12;/h4-5,8,13,24H,6-7,9-11H2,1-3H3,(H,20,21);1H. The van der Waals surface area contributed by atoms with E-state index in [2.05, 4.69) is 15.2 Å². The number of carbonyl (C=O) groups is 1. The van der Waals surface area contributed by atoms with Gasteiger partial charge in [-0.1, -0.05) is 6.07 Å². The third kappa shape index (κ3) is 5.36. The van der Waals surface area contributed by atoms with Gasteiger partial charge in [0.05, 0.1) is 12.6 Å². The van der Waals surface area contributed by atoms with Gasteiger partial charge < -0.3 is 25.0 Å². The zero-order valence-electron chi connectivity index (χ0n) is 15.7. The summed E-state index contributed by atoms with van der Waals surface area (Å²) in [5, 5.41) is 12.5. The fraction of sp³-hybridized carbons (Fsp3) is 0.556. The van der Waals surface area contributed by atoms with Crippen molar-refractivity contribution in [1.82, 2.24) is 15.1 Å². The number of benzene rings is 1. The second kappa shape index (κ2) is 8.49. The molecule has 2 N–H and O–H groups in total. The van der Waals surface area contributed by atoms with Crippen molar-refractivity contribution in [2.24, 2.45) is 4.99 Å². The molecule has 0 aliphatic carbocycles. The summed E-state index contributed by atoms with van der Waals surface area (Å²) in [6.07, 6.45) is -0.293. The molecule has 1 atom stereocenters. The quantitative estimate of drug-likeness (QED) is 0.621. The van der Waals surface area contributed by atoms with Crippen LogP contribution in [0.5, 0.6) is 5.75 Å². The minimum Gasteiger partial charge on any atom is -0.505 e. The molecule has 1 saturated heterocycles. The van der Waals surface area contributed by atoms with Gasteiger partial charge in [-0.3, -0.25) is 4.99 Å². The number of fused-ring (bicyclic) bond motifs is 1. The van der Waals surface area contributed by atoms with Crippen LogP contribution in [0.4, 0.5) is 9.18 Å². The molecule has 1 unspecified atom stereocenters. The highest BCUT2D eigenvalue weighted by atomic mass is 127. The van der Waals surface area contributed by atoms with Crippen molar-refractivity contribution in [2.75, 3.05) is 26.2 Å². The zero-order chi connectivity index (χ0) is 18.9. The summed E-state index contributed by atoms with van der Waals surface area (Å²) in [5.41, 5.74) is 0.214. The molecule has 3 rings (SSSR count). The number of aromatic hydroxyl groups is 1. The van der Waals surface area contributed by atoms with Gasteiger partial charge >= 0.3 is 6.09 Å². The van der Waals surface area contributed by atoms with Crippen LogP contribution in [0.25, 0.3) is 0 Å². The van der Waals surface area contributed by atoms with Gasteiger partial charge in [-0.25, -0.2) is 9.18 Å². The molecular formula is C18H26FIN4O3. The van der Waals surface area contributed by atoms with Crippen molar-refractivity contribution in [3.05, 3.63) is 29.6 Å². The summed E-state index contributed by atoms with van der Waals surface area (Å²) in [7, 11) is 0. The molecule has 2 aliphatic heterocycles. The van der Waals surface area contributed by atoms with Crippen molar-refractivity contribution in [3.63, 3.8) is 0 Å². The third-order valence-corrected chi connectivity index (χ3v) is 4.32. The second-order valence-electron chi connectivity index (χ2n) is 7.58. The van der Waals surface area contributed by atoms with E-state index in [1.165, 1.54) is 12.1 Å². The van der Waals surface area contributed by atoms with Crippen molar-refractivity contribution < 1.29 is 19.0 Å². The number of piperazine rings is 1. The monoisotopic (exact) mass is 492 g/mol. The molecule has 0 bridgehead atoms. The zero-order valence-corrected chi connectivity index (χ0v) is 18.1. The van der Waals surface area contributed by atoms with Gasteiger partial charge in [0.15, 0.2) is 17.5 Å². The lowest BCUT2D eigenvalue weighted by Gasteiger charge is -2.39. The smallest absolute Gasteiger partial charge is 0.410 e. The van der Waals surface area contributed by atoms with E-state index in [4.69, 9.17) is 4.74 Å². The molecule has 27 heavy (non-hydrogen) atoms. The maximum atomic E-state index is 13.4. The van der Waals surface area contributed by atoms with E-state index >= 15 is 0 Å². The van der Waals surface area contributed by atoms with Crippen molar-refractivity contribution >= 4 is 36.0 Å². The Kier molecular flexibility index (Phi) is 6.77. The lowest BCUT2D eigenvalue weighted by molar-refractivity contribution is 0.0137. The number of carbonyl (C=O) groups excluding carboxylic acids is 1. The number of nitrogens with zero attached hydrogens (tertiary/aromatic N) is 3. The van der Waals surface area contributed by atoms with Crippen molar-refractivity contribution in [3.8, 4) is 5.75 Å². The molecule has 0 radical (unpaired) electrons. The highest BCUT2D eigenvalue weighted by Gasteiger charge is 2.36. The van der Waals surface area contributed by atoms with E-state index < -0.39 is 11.4 Å². The Morgan fingerprint density at radius 1 is 1.41 bits per heavy atom. The minimum atomic E-state index is -0.637. The van der Waals surface area contributed by atoms with Crippen LogP contribution in [-0.2, 0) is 11.3 Å². The number of aliphatic imine (C=N–C) groups is 1. The van der Waals surface area contributed by atoms with Gasteiger partial charge in [0.2, 0.25) is 0 Å². The molecule has 2 heterocycles. The largest absolute Gasteiger partial charge is 0.505 e. The molecule has 2 aliphatic rings. The lowest BCUT2D eigenvalue weighted by Crippen LogP contribution is -2.57. The number of phenols is 1. The van der Waals surface area contributed by atoms with Crippen LogP contribution in [-0.4, -0.2) is 64.8 Å². The average Bonchev–Trinajstić information content (AvgIpc) is 2.96. The number of guanidine groups is 1. The Hall–Kier alpha value is -1.78. The number of nitrogens with one attached hydrogen (secondary N) is 1. The maximum Gasteiger partial charge on any atom is 0.410 e. The molecule has 0 aromatic heterocycles. The molecular weight excluding hydrogens is 466 g/mol. The Labute approximate surface area is 175 Å². The summed E-state index contributed by atoms with van der Waals surface area (Å²) in [4.78, 5) is 20.6. The van der Waals surface area contributed by atoms with E-state index in [1.807, 2.05) is 20.8 Å². The van der Waals surface area contributed by atoms with E-state index in [0.29, 0.717) is 32.7 Å². The van der Waals surface area contributed by atoms with Gasteiger partial charge in [-0.15, -0.1) is 24.0 Å². The molecule has 1 aromatic carbocycles. The molecule has 9 heteroatoms. The van der Waals surface area contributed by atoms with Crippen molar-refractivity contribution in [2.45, 2.75) is 39.0 Å². The highest BCUT2D eigenvalue weighted by molar-refractivity contribution is 14.0. The van der Waals surface area contributed by atoms with E-state index in [-0.39, 0.29) is 41.9 Å². The first-order valence-corrected chi connectivity index (χ1v) is 8.73. The van der Waals surface area contributed by atoms with Crippen LogP contribution >= 0.6 is 24.0 Å². The fourth-order valence-electron chi connectivity index (χ4n) is 3.06. The molecule has 150 valence electrons. The first kappa shape index (κ1) is 21.5. The summed E-state index contributed by atoms with van der Waals surface area (Å²) < 4.78 is 18.9. The highest BCUT2D eigenvalue weighted by Crippen LogP contribution is 2.20. The third-order valence-electron chi connectivity index (χ3n) is 4.32. The van der Waals surface area contributed by atoms with E-state index in [9.17, 15) is 14.3 Å². The summed E-state index contributed by atoms with van der Waals surface area (Å²) in [6, 6.07) is 4.43. The topological polar surface area (TPSA) is 77.4 Å². The Bertz CT molecular complexity index is 723. The van der Waals surface area contributed by atoms with Crippen LogP contribution in [0.15, 0.2) is 23.2 Å². The number of rotatable bonds is 2. The van der Waals surface area contributed by atoms with Crippen LogP contribution in [0, 0.1) is 5.82 Å². The molecule has 1 fully saturated rings. The van der Waals surface area contributed by atoms with Gasteiger partial charge in [-0.2, -0.15) is 0 Å². The SMILES string of the molecule is CC(C)(C)OC(=O)N1CCN2C(NCc3ccc(O)c(F)c3)=NCC2C1.I. The number of hydrogen-bond acceptors (Lipinski definition) is 6. The number of phenolic OH excluding ortho intramolecular Hbond substituents is 1. The van der Waals surface area contributed by atoms with Gasteiger partial charge in [-0.05, 0) is 38.5 Å². The Morgan fingerprint density at radius 3 is 2.81 bits per heavy atom. The average molecular weight is 492 g/mol. The normalized spacial score (nSPS) is 19.1. The number of amides is 1. The second-order valence-corrected chi connectivity index (χ2v) is 7.58. The van der Waals surface area contributed by atoms with Crippen LogP contribution in [0.1, 0.15) is 26.3 Å². The van der Waals surface area contributed by atoms with Gasteiger partial charge in [0, 0.05) is 26.2 Å². The summed E-state index contributed by atoms with van der Waals surface area (Å²) in [5.74, 6) is -0.237. The molecule has 0 spiro atoms. The number of ether oxygens (including phenoxy) is 1. The summed E-state index contributed by atoms with van der Waals surface area (Å²) >= 11 is 0. The van der Waals surface area contributed by atoms with Crippen molar-refractivity contribution in [1.29, 1.82) is 0 Å². The number of hydrogen-bond donors (Lipinski definition) is 2. The predicted molar refractivity (Wildman–Crippen MR) is 111 cm³/mol. The first-order valence-electron chi connectivity index (χ1n) is 8.73. The maximum absolute atomic E-state index is 13.4. The molecule has 1 amide bonds. The fourth-order valence-corrected chi connectivity index (χ4v) is 3.06. The first-order chi connectivity index (χ1) is 12.2.